The van der Waals surface area contributed by atoms with Gasteiger partial charge in [0.2, 0.25) is 0 Å². The summed E-state index contributed by atoms with van der Waals surface area (Å²) in [6.07, 6.45) is 7.81. The van der Waals surface area contributed by atoms with Crippen molar-refractivity contribution in [2.75, 3.05) is 6.61 Å². The van der Waals surface area contributed by atoms with Crippen molar-refractivity contribution in [2.45, 2.75) is 72.0 Å². The second-order valence-electron chi connectivity index (χ2n) is 4.68. The van der Waals surface area contributed by atoms with Crippen LogP contribution in [0.15, 0.2) is 0 Å². The number of hydrogen-bond donors (Lipinski definition) is 1. The van der Waals surface area contributed by atoms with E-state index in [1.807, 2.05) is 6.92 Å². The summed E-state index contributed by atoms with van der Waals surface area (Å²) < 4.78 is 5.19. The van der Waals surface area contributed by atoms with Crippen molar-refractivity contribution in [3.05, 3.63) is 0 Å². The molecule has 0 aromatic rings. The molecule has 0 amide bonds. The molecule has 0 heterocycles. The summed E-state index contributed by atoms with van der Waals surface area (Å²) >= 11 is 0. The molecule has 2 nitrogen and oxygen atoms in total. The maximum absolute atomic E-state index is 9.14. The Hall–Kier alpha value is -0.0800. The summed E-state index contributed by atoms with van der Waals surface area (Å²) in [5.74, 6) is 0.841. The van der Waals surface area contributed by atoms with Gasteiger partial charge in [-0.1, -0.05) is 52.9 Å². The van der Waals surface area contributed by atoms with E-state index >= 15 is 0 Å². The zero-order valence-corrected chi connectivity index (χ0v) is 10.7. The lowest BCUT2D eigenvalue weighted by Crippen LogP contribution is -2.10. The second kappa shape index (κ2) is 10.4. The van der Waals surface area contributed by atoms with Crippen LogP contribution in [-0.2, 0) is 4.74 Å². The third kappa shape index (κ3) is 11.8. The standard InChI is InChI=1S/C13H28O2/c1-4-13(14)15-11-9-7-5-6-8-10-12(2)3/h12-14H,4-11H2,1-3H3. The molecule has 0 aromatic carbocycles. The van der Waals surface area contributed by atoms with Gasteiger partial charge < -0.3 is 9.84 Å². The number of aliphatic hydroxyl groups is 1. The third-order valence-electron chi connectivity index (χ3n) is 2.59. The Kier molecular flexibility index (Phi) is 10.4. The summed E-state index contributed by atoms with van der Waals surface area (Å²) in [6.45, 7) is 7.19. The molecule has 0 aliphatic carbocycles. The lowest BCUT2D eigenvalue weighted by molar-refractivity contribution is -0.101. The van der Waals surface area contributed by atoms with E-state index in [2.05, 4.69) is 13.8 Å². The smallest absolute Gasteiger partial charge is 0.154 e. The largest absolute Gasteiger partial charge is 0.368 e. The van der Waals surface area contributed by atoms with Crippen LogP contribution in [0, 0.1) is 5.92 Å². The summed E-state index contributed by atoms with van der Waals surface area (Å²) in [7, 11) is 0. The number of rotatable bonds is 10. The summed E-state index contributed by atoms with van der Waals surface area (Å²) in [6, 6.07) is 0. The third-order valence-corrected chi connectivity index (χ3v) is 2.59. The molecule has 0 aromatic heterocycles. The van der Waals surface area contributed by atoms with Gasteiger partial charge in [-0.05, 0) is 18.8 Å². The Bertz CT molecular complexity index is 124. The predicted octanol–water partition coefficient (Wildman–Crippen LogP) is 3.73. The van der Waals surface area contributed by atoms with Crippen molar-refractivity contribution in [3.8, 4) is 0 Å². The maximum atomic E-state index is 9.14. The molecule has 2 heteroatoms. The van der Waals surface area contributed by atoms with Crippen molar-refractivity contribution < 1.29 is 9.84 Å². The molecule has 15 heavy (non-hydrogen) atoms. The van der Waals surface area contributed by atoms with Crippen LogP contribution < -0.4 is 0 Å². The van der Waals surface area contributed by atoms with Gasteiger partial charge in [0.25, 0.3) is 0 Å². The van der Waals surface area contributed by atoms with Gasteiger partial charge in [-0.2, -0.15) is 0 Å². The van der Waals surface area contributed by atoms with E-state index in [1.54, 1.807) is 0 Å². The molecule has 0 fully saturated rings. The first-order chi connectivity index (χ1) is 7.16. The van der Waals surface area contributed by atoms with Gasteiger partial charge in [0, 0.05) is 6.61 Å². The number of hydrogen-bond acceptors (Lipinski definition) is 2. The Morgan fingerprint density at radius 1 is 1.00 bits per heavy atom. The molecule has 1 N–H and O–H groups in total. The summed E-state index contributed by atoms with van der Waals surface area (Å²) in [4.78, 5) is 0. The molecule has 0 aliphatic rings. The highest BCUT2D eigenvalue weighted by atomic mass is 16.6. The summed E-state index contributed by atoms with van der Waals surface area (Å²) in [5.41, 5.74) is 0. The topological polar surface area (TPSA) is 29.5 Å². The van der Waals surface area contributed by atoms with Gasteiger partial charge in [0.15, 0.2) is 6.29 Å². The molecule has 0 rings (SSSR count). The molecular weight excluding hydrogens is 188 g/mol. The van der Waals surface area contributed by atoms with Gasteiger partial charge in [0.1, 0.15) is 0 Å². The number of ether oxygens (including phenoxy) is 1. The zero-order valence-electron chi connectivity index (χ0n) is 10.7. The Morgan fingerprint density at radius 3 is 2.20 bits per heavy atom. The van der Waals surface area contributed by atoms with Crippen LogP contribution in [0.5, 0.6) is 0 Å². The van der Waals surface area contributed by atoms with Gasteiger partial charge in [-0.15, -0.1) is 0 Å². The van der Waals surface area contributed by atoms with Crippen molar-refractivity contribution >= 4 is 0 Å². The Labute approximate surface area is 95.0 Å². The van der Waals surface area contributed by atoms with Crippen LogP contribution in [0.4, 0.5) is 0 Å². The first-order valence-electron chi connectivity index (χ1n) is 6.46. The monoisotopic (exact) mass is 216 g/mol. The second-order valence-corrected chi connectivity index (χ2v) is 4.68. The highest BCUT2D eigenvalue weighted by molar-refractivity contribution is 4.48. The van der Waals surface area contributed by atoms with E-state index in [4.69, 9.17) is 9.84 Å². The van der Waals surface area contributed by atoms with Crippen LogP contribution in [0.25, 0.3) is 0 Å². The highest BCUT2D eigenvalue weighted by Crippen LogP contribution is 2.10. The van der Waals surface area contributed by atoms with E-state index < -0.39 is 6.29 Å². The van der Waals surface area contributed by atoms with Crippen LogP contribution in [0.1, 0.15) is 65.7 Å². The quantitative estimate of drug-likeness (QED) is 0.445. The Balaban J connectivity index is 2.99. The van der Waals surface area contributed by atoms with Crippen LogP contribution in [-0.4, -0.2) is 18.0 Å². The molecule has 0 saturated carbocycles. The van der Waals surface area contributed by atoms with Crippen molar-refractivity contribution in [1.29, 1.82) is 0 Å². The van der Waals surface area contributed by atoms with Crippen molar-refractivity contribution in [2.24, 2.45) is 5.92 Å². The van der Waals surface area contributed by atoms with Crippen molar-refractivity contribution in [1.82, 2.24) is 0 Å². The molecule has 0 aliphatic heterocycles. The first kappa shape index (κ1) is 14.9. The fourth-order valence-corrected chi connectivity index (χ4v) is 1.52. The fraction of sp³-hybridized carbons (Fsp3) is 1.00. The molecule has 0 saturated heterocycles. The van der Waals surface area contributed by atoms with Crippen LogP contribution in [0.3, 0.4) is 0 Å². The van der Waals surface area contributed by atoms with E-state index in [9.17, 15) is 0 Å². The molecular formula is C13H28O2. The lowest BCUT2D eigenvalue weighted by Gasteiger charge is -2.09. The molecule has 1 unspecified atom stereocenters. The SMILES string of the molecule is CCC(O)OCCCCCCCC(C)C. The molecule has 0 radical (unpaired) electrons. The minimum absolute atomic E-state index is 0.550. The predicted molar refractivity (Wildman–Crippen MR) is 64.8 cm³/mol. The molecule has 92 valence electrons. The molecule has 1 atom stereocenters. The van der Waals surface area contributed by atoms with E-state index in [-0.39, 0.29) is 0 Å². The van der Waals surface area contributed by atoms with E-state index in [1.165, 1.54) is 32.1 Å². The minimum Gasteiger partial charge on any atom is -0.368 e. The van der Waals surface area contributed by atoms with Gasteiger partial charge >= 0.3 is 0 Å². The van der Waals surface area contributed by atoms with Gasteiger partial charge in [-0.3, -0.25) is 0 Å². The van der Waals surface area contributed by atoms with Gasteiger partial charge in [0.05, 0.1) is 0 Å². The first-order valence-corrected chi connectivity index (χ1v) is 6.46. The maximum Gasteiger partial charge on any atom is 0.154 e. The normalized spacial score (nSPS) is 13.4. The molecule has 0 spiro atoms. The Morgan fingerprint density at radius 2 is 1.60 bits per heavy atom. The number of aliphatic hydroxyl groups excluding tert-OH is 1. The minimum atomic E-state index is -0.550. The number of unbranched alkanes of at least 4 members (excludes halogenated alkanes) is 4. The zero-order chi connectivity index (χ0) is 11.5. The van der Waals surface area contributed by atoms with E-state index in [0.717, 1.165) is 12.3 Å². The average molecular weight is 216 g/mol. The molecule has 0 bridgehead atoms. The fourth-order valence-electron chi connectivity index (χ4n) is 1.52. The van der Waals surface area contributed by atoms with Crippen LogP contribution in [0.2, 0.25) is 0 Å². The average Bonchev–Trinajstić information content (AvgIpc) is 2.21. The highest BCUT2D eigenvalue weighted by Gasteiger charge is 1.99. The van der Waals surface area contributed by atoms with Crippen LogP contribution >= 0.6 is 0 Å². The lowest BCUT2D eigenvalue weighted by atomic mass is 10.0. The summed E-state index contributed by atoms with van der Waals surface area (Å²) in [5, 5.41) is 9.14. The van der Waals surface area contributed by atoms with Gasteiger partial charge in [-0.25, -0.2) is 0 Å². The van der Waals surface area contributed by atoms with E-state index in [0.29, 0.717) is 13.0 Å². The van der Waals surface area contributed by atoms with Crippen molar-refractivity contribution in [3.63, 3.8) is 0 Å².